The Morgan fingerprint density at radius 1 is 1.13 bits per heavy atom. The molecular formula is C27H44O3. The Hall–Kier alpha value is -0.900. The maximum atomic E-state index is 10.3. The number of fused-ring (bicyclic) bond motifs is 1. The topological polar surface area (TPSA) is 60.7 Å². The molecule has 0 saturated heterocycles. The van der Waals surface area contributed by atoms with E-state index in [9.17, 15) is 15.3 Å². The average Bonchev–Trinajstić information content (AvgIpc) is 3.04. The number of allylic oxidation sites excluding steroid dienone is 3. The second-order valence-corrected chi connectivity index (χ2v) is 11.0. The lowest BCUT2D eigenvalue weighted by Gasteiger charge is -2.44. The molecule has 0 aromatic carbocycles. The summed E-state index contributed by atoms with van der Waals surface area (Å²) in [7, 11) is 0. The molecule has 0 aromatic heterocycles. The van der Waals surface area contributed by atoms with E-state index in [0.717, 1.165) is 36.3 Å². The quantitative estimate of drug-likeness (QED) is 0.531. The standard InChI is InChI=1S/C27H44O3/c1-17(2)25(29)13-8-18(3)23-11-12-24-20(7-6-14-27(23,24)5)9-10-21-15-22(28)16-26(30)19(21)4/h9-10,17-18,22-26,28-30H,4,6-8,11-16H2,1-3,5H3/b20-9+,21-10-/t18-,22-,23-,24+,25+,26-,27-/m1/s1. The Labute approximate surface area is 184 Å². The van der Waals surface area contributed by atoms with Crippen molar-refractivity contribution in [1.82, 2.24) is 0 Å². The van der Waals surface area contributed by atoms with Crippen LogP contribution in [-0.4, -0.2) is 33.6 Å². The van der Waals surface area contributed by atoms with Crippen molar-refractivity contribution in [3.8, 4) is 0 Å². The summed E-state index contributed by atoms with van der Waals surface area (Å²) < 4.78 is 0. The molecule has 30 heavy (non-hydrogen) atoms. The van der Waals surface area contributed by atoms with Gasteiger partial charge < -0.3 is 15.3 Å². The molecule has 3 aliphatic carbocycles. The molecule has 3 saturated carbocycles. The zero-order valence-corrected chi connectivity index (χ0v) is 19.6. The SMILES string of the molecule is C=C1/C(=C\C=C2/CCC[C@]3(C)[C@@H]([C@H](C)CC[C@H](O)C(C)C)CC[C@@H]23)C[C@@H](O)C[C@H]1O. The third-order valence-electron chi connectivity index (χ3n) is 8.68. The monoisotopic (exact) mass is 416 g/mol. The third kappa shape index (κ3) is 4.95. The van der Waals surface area contributed by atoms with Crippen LogP contribution in [0.2, 0.25) is 0 Å². The normalized spacial score (nSPS) is 39.5. The number of rotatable bonds is 6. The molecule has 0 amide bonds. The molecule has 3 aliphatic rings. The first kappa shape index (κ1) is 23.8. The maximum Gasteiger partial charge on any atom is 0.0811 e. The molecule has 0 aliphatic heterocycles. The summed E-state index contributed by atoms with van der Waals surface area (Å²) in [5, 5.41) is 30.4. The number of hydrogen-bond acceptors (Lipinski definition) is 3. The van der Waals surface area contributed by atoms with Gasteiger partial charge in [-0.25, -0.2) is 0 Å². The van der Waals surface area contributed by atoms with Crippen LogP contribution in [0.3, 0.4) is 0 Å². The van der Waals surface area contributed by atoms with E-state index in [1.165, 1.54) is 25.7 Å². The third-order valence-corrected chi connectivity index (χ3v) is 8.68. The van der Waals surface area contributed by atoms with Gasteiger partial charge in [0, 0.05) is 6.42 Å². The average molecular weight is 417 g/mol. The van der Waals surface area contributed by atoms with Gasteiger partial charge in [0.2, 0.25) is 0 Å². The van der Waals surface area contributed by atoms with Crippen LogP contribution in [0.5, 0.6) is 0 Å². The molecule has 3 fully saturated rings. The Morgan fingerprint density at radius 3 is 2.57 bits per heavy atom. The Kier molecular flexibility index (Phi) is 7.69. The zero-order valence-electron chi connectivity index (χ0n) is 19.6. The summed E-state index contributed by atoms with van der Waals surface area (Å²) in [6.45, 7) is 13.2. The van der Waals surface area contributed by atoms with E-state index in [-0.39, 0.29) is 6.10 Å². The van der Waals surface area contributed by atoms with Gasteiger partial charge >= 0.3 is 0 Å². The molecule has 0 aromatic rings. The van der Waals surface area contributed by atoms with E-state index in [1.54, 1.807) is 5.57 Å². The zero-order chi connectivity index (χ0) is 22.1. The van der Waals surface area contributed by atoms with Gasteiger partial charge in [0.25, 0.3) is 0 Å². The van der Waals surface area contributed by atoms with Gasteiger partial charge in [-0.15, -0.1) is 0 Å². The highest BCUT2D eigenvalue weighted by Gasteiger charge is 2.50. The predicted molar refractivity (Wildman–Crippen MR) is 124 cm³/mol. The van der Waals surface area contributed by atoms with Crippen LogP contribution >= 0.6 is 0 Å². The van der Waals surface area contributed by atoms with Crippen LogP contribution in [-0.2, 0) is 0 Å². The van der Waals surface area contributed by atoms with Gasteiger partial charge in [-0.3, -0.25) is 0 Å². The lowest BCUT2D eigenvalue weighted by Crippen LogP contribution is -2.36. The summed E-state index contributed by atoms with van der Waals surface area (Å²) >= 11 is 0. The van der Waals surface area contributed by atoms with Gasteiger partial charge in [0.15, 0.2) is 0 Å². The second kappa shape index (κ2) is 9.71. The van der Waals surface area contributed by atoms with Crippen molar-refractivity contribution in [2.45, 2.75) is 104 Å². The van der Waals surface area contributed by atoms with E-state index in [0.29, 0.717) is 36.0 Å². The summed E-state index contributed by atoms with van der Waals surface area (Å²) in [5.41, 5.74) is 3.69. The molecule has 3 nitrogen and oxygen atoms in total. The van der Waals surface area contributed by atoms with Crippen LogP contribution < -0.4 is 0 Å². The fraction of sp³-hybridized carbons (Fsp3) is 0.778. The number of aliphatic hydroxyl groups excluding tert-OH is 3. The molecule has 3 heteroatoms. The minimum atomic E-state index is -0.618. The largest absolute Gasteiger partial charge is 0.393 e. The Balaban J connectivity index is 1.72. The van der Waals surface area contributed by atoms with Gasteiger partial charge in [-0.2, -0.15) is 0 Å². The van der Waals surface area contributed by atoms with Crippen molar-refractivity contribution >= 4 is 0 Å². The fourth-order valence-electron chi connectivity index (χ4n) is 6.65. The van der Waals surface area contributed by atoms with Crippen molar-refractivity contribution in [3.63, 3.8) is 0 Å². The van der Waals surface area contributed by atoms with E-state index < -0.39 is 12.2 Å². The highest BCUT2D eigenvalue weighted by Crippen LogP contribution is 2.60. The smallest absolute Gasteiger partial charge is 0.0811 e. The Bertz CT molecular complexity index is 676. The lowest BCUT2D eigenvalue weighted by molar-refractivity contribution is 0.0717. The maximum absolute atomic E-state index is 10.3. The Morgan fingerprint density at radius 2 is 1.87 bits per heavy atom. The van der Waals surface area contributed by atoms with Crippen molar-refractivity contribution in [1.29, 1.82) is 0 Å². The van der Waals surface area contributed by atoms with Gasteiger partial charge in [-0.05, 0) is 91.6 Å². The molecule has 0 spiro atoms. The van der Waals surface area contributed by atoms with E-state index in [2.05, 4.69) is 46.4 Å². The first-order chi connectivity index (χ1) is 14.1. The fourth-order valence-corrected chi connectivity index (χ4v) is 6.65. The molecule has 0 unspecified atom stereocenters. The summed E-state index contributed by atoms with van der Waals surface area (Å²) in [6, 6.07) is 0. The molecule has 0 radical (unpaired) electrons. The molecule has 0 bridgehead atoms. The van der Waals surface area contributed by atoms with Crippen molar-refractivity contribution in [3.05, 3.63) is 35.5 Å². The summed E-state index contributed by atoms with van der Waals surface area (Å²) in [4.78, 5) is 0. The second-order valence-electron chi connectivity index (χ2n) is 11.0. The minimum absolute atomic E-state index is 0.180. The molecule has 0 heterocycles. The van der Waals surface area contributed by atoms with Crippen LogP contribution in [0.1, 0.15) is 85.5 Å². The van der Waals surface area contributed by atoms with Gasteiger partial charge in [0.1, 0.15) is 0 Å². The van der Waals surface area contributed by atoms with E-state index >= 15 is 0 Å². The molecule has 3 rings (SSSR count). The lowest BCUT2D eigenvalue weighted by atomic mass is 9.60. The van der Waals surface area contributed by atoms with Crippen LogP contribution in [0.25, 0.3) is 0 Å². The van der Waals surface area contributed by atoms with E-state index in [4.69, 9.17) is 0 Å². The highest BCUT2D eigenvalue weighted by molar-refractivity contribution is 5.38. The first-order valence-electron chi connectivity index (χ1n) is 12.3. The predicted octanol–water partition coefficient (Wildman–Crippen LogP) is 5.56. The number of aliphatic hydroxyl groups is 3. The van der Waals surface area contributed by atoms with Crippen LogP contribution in [0, 0.1) is 29.1 Å². The molecule has 170 valence electrons. The van der Waals surface area contributed by atoms with E-state index in [1.807, 2.05) is 0 Å². The van der Waals surface area contributed by atoms with Crippen LogP contribution in [0.4, 0.5) is 0 Å². The van der Waals surface area contributed by atoms with Crippen molar-refractivity contribution in [2.75, 3.05) is 0 Å². The number of hydrogen-bond donors (Lipinski definition) is 3. The van der Waals surface area contributed by atoms with Gasteiger partial charge in [-0.1, -0.05) is 52.0 Å². The first-order valence-corrected chi connectivity index (χ1v) is 12.3. The van der Waals surface area contributed by atoms with Gasteiger partial charge in [0.05, 0.1) is 18.3 Å². The van der Waals surface area contributed by atoms with Crippen molar-refractivity contribution in [2.24, 2.45) is 29.1 Å². The summed E-state index contributed by atoms with van der Waals surface area (Å²) in [6.07, 6.45) is 12.4. The molecule has 3 N–H and O–H groups in total. The summed E-state index contributed by atoms with van der Waals surface area (Å²) in [5.74, 6) is 2.35. The minimum Gasteiger partial charge on any atom is -0.393 e. The van der Waals surface area contributed by atoms with Crippen molar-refractivity contribution < 1.29 is 15.3 Å². The molecule has 7 atom stereocenters. The van der Waals surface area contributed by atoms with Crippen LogP contribution in [0.15, 0.2) is 35.5 Å². The highest BCUT2D eigenvalue weighted by atomic mass is 16.3. The molecular weight excluding hydrogens is 372 g/mol.